The molecule has 0 aromatic carbocycles. The first-order valence-electron chi connectivity index (χ1n) is 6.58. The van der Waals surface area contributed by atoms with Gasteiger partial charge in [-0.05, 0) is 25.8 Å². The van der Waals surface area contributed by atoms with Crippen LogP contribution in [0.4, 0.5) is 0 Å². The standard InChI is InChI=1S/C13H19N5/c1-3-10-13(8-17(2)16-10)18-9-14-7-12(18)11-5-4-6-15-11/h7-9,11,15H,3-6H2,1-2H3/t11-/m0/s1. The second-order valence-electron chi connectivity index (χ2n) is 4.83. The van der Waals surface area contributed by atoms with Gasteiger partial charge in [0, 0.05) is 19.3 Å². The van der Waals surface area contributed by atoms with Crippen molar-refractivity contribution in [2.24, 2.45) is 7.05 Å². The number of aromatic nitrogens is 4. The van der Waals surface area contributed by atoms with Crippen molar-refractivity contribution in [1.29, 1.82) is 0 Å². The lowest BCUT2D eigenvalue weighted by atomic mass is 10.1. The Morgan fingerprint density at radius 2 is 2.39 bits per heavy atom. The summed E-state index contributed by atoms with van der Waals surface area (Å²) < 4.78 is 4.05. The van der Waals surface area contributed by atoms with E-state index in [4.69, 9.17) is 0 Å². The average Bonchev–Trinajstić information content (AvgIpc) is 3.07. The van der Waals surface area contributed by atoms with Gasteiger partial charge in [0.25, 0.3) is 0 Å². The lowest BCUT2D eigenvalue weighted by molar-refractivity contribution is 0.614. The molecule has 0 unspecified atom stereocenters. The molecular formula is C13H19N5. The van der Waals surface area contributed by atoms with Crippen LogP contribution in [-0.4, -0.2) is 25.9 Å². The van der Waals surface area contributed by atoms with Gasteiger partial charge in [-0.25, -0.2) is 4.98 Å². The first-order chi connectivity index (χ1) is 8.79. The predicted octanol–water partition coefficient (Wildman–Crippen LogP) is 1.59. The summed E-state index contributed by atoms with van der Waals surface area (Å²) in [5.41, 5.74) is 3.52. The van der Waals surface area contributed by atoms with Gasteiger partial charge in [-0.15, -0.1) is 0 Å². The van der Waals surface area contributed by atoms with Crippen LogP contribution in [0.3, 0.4) is 0 Å². The molecule has 5 nitrogen and oxygen atoms in total. The molecule has 1 saturated heterocycles. The van der Waals surface area contributed by atoms with E-state index in [1.807, 2.05) is 24.3 Å². The first kappa shape index (κ1) is 11.5. The molecule has 1 N–H and O–H groups in total. The van der Waals surface area contributed by atoms with Crippen molar-refractivity contribution in [3.05, 3.63) is 30.1 Å². The highest BCUT2D eigenvalue weighted by atomic mass is 15.3. The van der Waals surface area contributed by atoms with E-state index in [9.17, 15) is 0 Å². The van der Waals surface area contributed by atoms with Crippen LogP contribution in [0.25, 0.3) is 5.69 Å². The Balaban J connectivity index is 2.03. The minimum atomic E-state index is 0.428. The summed E-state index contributed by atoms with van der Waals surface area (Å²) in [5.74, 6) is 0. The summed E-state index contributed by atoms with van der Waals surface area (Å²) in [7, 11) is 1.97. The van der Waals surface area contributed by atoms with Gasteiger partial charge in [0.1, 0.15) is 0 Å². The maximum absolute atomic E-state index is 4.50. The van der Waals surface area contributed by atoms with Crippen LogP contribution >= 0.6 is 0 Å². The summed E-state index contributed by atoms with van der Waals surface area (Å²) in [6, 6.07) is 0.428. The number of nitrogens with zero attached hydrogens (tertiary/aromatic N) is 4. The molecule has 2 aromatic heterocycles. The van der Waals surface area contributed by atoms with E-state index < -0.39 is 0 Å². The zero-order chi connectivity index (χ0) is 12.5. The van der Waals surface area contributed by atoms with Gasteiger partial charge in [-0.1, -0.05) is 6.92 Å². The van der Waals surface area contributed by atoms with Crippen LogP contribution in [-0.2, 0) is 13.5 Å². The quantitative estimate of drug-likeness (QED) is 0.893. The molecule has 0 radical (unpaired) electrons. The Morgan fingerprint density at radius 1 is 1.50 bits per heavy atom. The number of nitrogens with one attached hydrogen (secondary N) is 1. The third-order valence-corrected chi connectivity index (χ3v) is 3.56. The first-order valence-corrected chi connectivity index (χ1v) is 6.58. The molecule has 96 valence electrons. The molecular weight excluding hydrogens is 226 g/mol. The maximum atomic E-state index is 4.50. The normalized spacial score (nSPS) is 19.6. The Morgan fingerprint density at radius 3 is 3.11 bits per heavy atom. The van der Waals surface area contributed by atoms with E-state index in [-0.39, 0.29) is 0 Å². The topological polar surface area (TPSA) is 47.7 Å². The molecule has 1 aliphatic rings. The Bertz CT molecular complexity index is 533. The molecule has 1 aliphatic heterocycles. The Labute approximate surface area is 107 Å². The number of hydrogen-bond donors (Lipinski definition) is 1. The van der Waals surface area contributed by atoms with E-state index in [1.54, 1.807) is 0 Å². The van der Waals surface area contributed by atoms with Crippen LogP contribution in [0.1, 0.15) is 37.2 Å². The van der Waals surface area contributed by atoms with Crippen LogP contribution in [0.2, 0.25) is 0 Å². The van der Waals surface area contributed by atoms with Gasteiger partial charge < -0.3 is 5.32 Å². The number of rotatable bonds is 3. The summed E-state index contributed by atoms with van der Waals surface area (Å²) in [5, 5.41) is 8.03. The Kier molecular flexibility index (Phi) is 2.91. The fourth-order valence-corrected chi connectivity index (χ4v) is 2.68. The lowest BCUT2D eigenvalue weighted by Crippen LogP contribution is -2.16. The second kappa shape index (κ2) is 4.57. The largest absolute Gasteiger partial charge is 0.309 e. The van der Waals surface area contributed by atoms with E-state index in [0.717, 1.165) is 24.3 Å². The van der Waals surface area contributed by atoms with Crippen molar-refractivity contribution in [3.63, 3.8) is 0 Å². The molecule has 5 heteroatoms. The summed E-state index contributed by atoms with van der Waals surface area (Å²) in [6.45, 7) is 3.24. The van der Waals surface area contributed by atoms with Gasteiger partial charge in [0.05, 0.1) is 29.6 Å². The molecule has 0 aliphatic carbocycles. The number of hydrogen-bond acceptors (Lipinski definition) is 3. The third-order valence-electron chi connectivity index (χ3n) is 3.56. The van der Waals surface area contributed by atoms with Crippen LogP contribution in [0.5, 0.6) is 0 Å². The number of imidazole rings is 1. The van der Waals surface area contributed by atoms with Crippen molar-refractivity contribution >= 4 is 0 Å². The van der Waals surface area contributed by atoms with Crippen molar-refractivity contribution in [2.75, 3.05) is 6.54 Å². The fraction of sp³-hybridized carbons (Fsp3) is 0.538. The van der Waals surface area contributed by atoms with Crippen molar-refractivity contribution < 1.29 is 0 Å². The zero-order valence-electron chi connectivity index (χ0n) is 10.9. The molecule has 2 aromatic rings. The highest BCUT2D eigenvalue weighted by molar-refractivity contribution is 5.37. The van der Waals surface area contributed by atoms with Gasteiger partial charge in [0.2, 0.25) is 0 Å². The summed E-state index contributed by atoms with van der Waals surface area (Å²) >= 11 is 0. The molecule has 0 bridgehead atoms. The van der Waals surface area contributed by atoms with E-state index in [0.29, 0.717) is 6.04 Å². The smallest absolute Gasteiger partial charge is 0.0995 e. The summed E-state index contributed by atoms with van der Waals surface area (Å²) in [6.07, 6.45) is 9.29. The van der Waals surface area contributed by atoms with Crippen molar-refractivity contribution in [2.45, 2.75) is 32.2 Å². The molecule has 1 fully saturated rings. The van der Waals surface area contributed by atoms with Crippen molar-refractivity contribution in [3.8, 4) is 5.69 Å². The molecule has 3 rings (SSSR count). The molecule has 0 amide bonds. The van der Waals surface area contributed by atoms with Gasteiger partial charge in [-0.3, -0.25) is 9.25 Å². The molecule has 0 spiro atoms. The van der Waals surface area contributed by atoms with E-state index in [2.05, 4.69) is 33.1 Å². The van der Waals surface area contributed by atoms with Gasteiger partial charge >= 0.3 is 0 Å². The lowest BCUT2D eigenvalue weighted by Gasteiger charge is -2.13. The van der Waals surface area contributed by atoms with Crippen LogP contribution in [0.15, 0.2) is 18.7 Å². The predicted molar refractivity (Wildman–Crippen MR) is 69.7 cm³/mol. The van der Waals surface area contributed by atoms with Crippen molar-refractivity contribution in [1.82, 2.24) is 24.6 Å². The summed E-state index contributed by atoms with van der Waals surface area (Å²) in [4.78, 5) is 4.31. The fourth-order valence-electron chi connectivity index (χ4n) is 2.68. The SMILES string of the molecule is CCc1nn(C)cc1-n1cncc1[C@@H]1CCCN1. The highest BCUT2D eigenvalue weighted by Gasteiger charge is 2.21. The van der Waals surface area contributed by atoms with E-state index in [1.165, 1.54) is 18.5 Å². The minimum absolute atomic E-state index is 0.428. The Hall–Kier alpha value is -1.62. The molecule has 3 heterocycles. The average molecular weight is 245 g/mol. The molecule has 18 heavy (non-hydrogen) atoms. The highest BCUT2D eigenvalue weighted by Crippen LogP contribution is 2.26. The monoisotopic (exact) mass is 245 g/mol. The second-order valence-corrected chi connectivity index (χ2v) is 4.83. The van der Waals surface area contributed by atoms with Gasteiger partial charge in [0.15, 0.2) is 0 Å². The minimum Gasteiger partial charge on any atom is -0.309 e. The maximum Gasteiger partial charge on any atom is 0.0995 e. The zero-order valence-corrected chi connectivity index (χ0v) is 10.9. The molecule has 0 saturated carbocycles. The molecule has 1 atom stereocenters. The van der Waals surface area contributed by atoms with E-state index >= 15 is 0 Å². The van der Waals surface area contributed by atoms with Crippen LogP contribution < -0.4 is 5.32 Å². The number of aryl methyl sites for hydroxylation is 2. The van der Waals surface area contributed by atoms with Crippen LogP contribution in [0, 0.1) is 0 Å². The van der Waals surface area contributed by atoms with Gasteiger partial charge in [-0.2, -0.15) is 5.10 Å². The third kappa shape index (κ3) is 1.84.